The fraction of sp³-hybridized carbons (Fsp3) is 0.447. The molecule has 0 saturated heterocycles. The number of anilines is 2. The lowest BCUT2D eigenvalue weighted by atomic mass is 9.81. The number of amides is 2. The monoisotopic (exact) mass is 762 g/mol. The van der Waals surface area contributed by atoms with Crippen molar-refractivity contribution >= 4 is 52.4 Å². The van der Waals surface area contributed by atoms with Gasteiger partial charge in [0, 0.05) is 88.7 Å². The second-order valence-electron chi connectivity index (χ2n) is 14.3. The topological polar surface area (TPSA) is 158 Å². The first-order valence-electron chi connectivity index (χ1n) is 18.1. The van der Waals surface area contributed by atoms with Gasteiger partial charge in [-0.05, 0) is 43.7 Å². The Morgan fingerprint density at radius 3 is 1.75 bits per heavy atom. The molecule has 0 atom stereocenters. The molecule has 0 unspecified atom stereocenters. The Kier molecular flexibility index (Phi) is 10.9. The number of nitrogens with one attached hydrogen (secondary N) is 2. The lowest BCUT2D eigenvalue weighted by molar-refractivity contribution is -0.143. The number of imidazole rings is 2. The fourth-order valence-electron chi connectivity index (χ4n) is 8.05. The van der Waals surface area contributed by atoms with E-state index in [-0.39, 0.29) is 29.3 Å². The van der Waals surface area contributed by atoms with Crippen molar-refractivity contribution in [2.24, 2.45) is 25.9 Å². The number of fused-ring (bicyclic) bond motifs is 2. The van der Waals surface area contributed by atoms with Crippen molar-refractivity contribution in [3.8, 4) is 11.1 Å². The zero-order chi connectivity index (χ0) is 37.4. The highest BCUT2D eigenvalue weighted by atomic mass is 35.5. The number of halogens is 2. The van der Waals surface area contributed by atoms with Gasteiger partial charge in [-0.3, -0.25) is 24.2 Å². The third-order valence-corrected chi connectivity index (χ3v) is 11.8. The molecule has 0 bridgehead atoms. The molecule has 3 aliphatic rings. The van der Waals surface area contributed by atoms with Gasteiger partial charge in [-0.1, -0.05) is 47.5 Å². The van der Waals surface area contributed by atoms with Crippen molar-refractivity contribution in [2.75, 3.05) is 43.4 Å². The van der Waals surface area contributed by atoms with Gasteiger partial charge < -0.3 is 30.0 Å². The average molecular weight is 764 g/mol. The Balaban J connectivity index is 1.03. The summed E-state index contributed by atoms with van der Waals surface area (Å²) >= 11 is 13.8. The first kappa shape index (κ1) is 37.1. The SMILES string of the molecule is Cn1c(C(=O)Nc2cccc(-c3cccc(NC(=O)c4nc5c(n4C)CCN(C[C@H]4CC[C@H](C(=O)O)CC4)C5)c3Cl)c2Cl)nc2c1CCN(CCO)C2. The molecule has 4 N–H and O–H groups in total. The second-order valence-corrected chi connectivity index (χ2v) is 15.1. The van der Waals surface area contributed by atoms with E-state index in [4.69, 9.17) is 28.2 Å². The highest BCUT2D eigenvalue weighted by Crippen LogP contribution is 2.40. The maximum absolute atomic E-state index is 13.7. The van der Waals surface area contributed by atoms with Gasteiger partial charge in [0.2, 0.25) is 0 Å². The number of carboxylic acids is 1. The van der Waals surface area contributed by atoms with Crippen molar-refractivity contribution in [1.29, 1.82) is 0 Å². The van der Waals surface area contributed by atoms with Crippen molar-refractivity contribution in [2.45, 2.75) is 51.6 Å². The van der Waals surface area contributed by atoms with Gasteiger partial charge in [0.15, 0.2) is 11.6 Å². The van der Waals surface area contributed by atoms with Gasteiger partial charge in [0.05, 0.1) is 45.3 Å². The molecule has 2 aliphatic heterocycles. The van der Waals surface area contributed by atoms with Gasteiger partial charge in [0.25, 0.3) is 11.8 Å². The largest absolute Gasteiger partial charge is 0.481 e. The van der Waals surface area contributed by atoms with Crippen LogP contribution in [0, 0.1) is 11.8 Å². The van der Waals surface area contributed by atoms with Gasteiger partial charge in [-0.2, -0.15) is 0 Å². The highest BCUT2D eigenvalue weighted by Gasteiger charge is 2.31. The number of rotatable bonds is 10. The number of β-amino-alcohol motifs (C(OH)–C–C–N with tert-alkyl or cyclic N) is 1. The molecule has 0 spiro atoms. The number of benzene rings is 2. The molecule has 2 aromatic carbocycles. The lowest BCUT2D eigenvalue weighted by Crippen LogP contribution is -2.36. The Morgan fingerprint density at radius 1 is 0.774 bits per heavy atom. The summed E-state index contributed by atoms with van der Waals surface area (Å²) in [6, 6.07) is 10.6. The van der Waals surface area contributed by atoms with E-state index >= 15 is 0 Å². The van der Waals surface area contributed by atoms with E-state index in [0.29, 0.717) is 58.9 Å². The summed E-state index contributed by atoms with van der Waals surface area (Å²) in [6.07, 6.45) is 4.78. The molecule has 1 saturated carbocycles. The first-order chi connectivity index (χ1) is 25.5. The summed E-state index contributed by atoms with van der Waals surface area (Å²) in [5, 5.41) is 25.1. The zero-order valence-electron chi connectivity index (χ0n) is 29.9. The summed E-state index contributed by atoms with van der Waals surface area (Å²) in [5.74, 6) is -0.668. The van der Waals surface area contributed by atoms with Crippen LogP contribution in [0.1, 0.15) is 69.7 Å². The lowest BCUT2D eigenvalue weighted by Gasteiger charge is -2.33. The molecule has 4 aromatic rings. The normalized spacial score (nSPS) is 19.0. The molecule has 7 rings (SSSR count). The Morgan fingerprint density at radius 2 is 1.26 bits per heavy atom. The fourth-order valence-corrected chi connectivity index (χ4v) is 8.60. The van der Waals surface area contributed by atoms with E-state index in [1.54, 1.807) is 36.4 Å². The van der Waals surface area contributed by atoms with Crippen molar-refractivity contribution in [3.63, 3.8) is 0 Å². The maximum Gasteiger partial charge on any atom is 0.306 e. The van der Waals surface area contributed by atoms with E-state index in [0.717, 1.165) is 80.9 Å². The number of hydrogen-bond acceptors (Lipinski definition) is 8. The molecule has 4 heterocycles. The molecule has 280 valence electrons. The Bertz CT molecular complexity index is 2050. The predicted octanol–water partition coefficient (Wildman–Crippen LogP) is 5.23. The van der Waals surface area contributed by atoms with Crippen LogP contribution < -0.4 is 10.6 Å². The summed E-state index contributed by atoms with van der Waals surface area (Å²) < 4.78 is 3.66. The minimum atomic E-state index is -0.690. The van der Waals surface area contributed by atoms with Crippen LogP contribution in [0.4, 0.5) is 11.4 Å². The molecule has 15 heteroatoms. The number of aliphatic hydroxyl groups is 1. The molecule has 1 aliphatic carbocycles. The van der Waals surface area contributed by atoms with E-state index < -0.39 is 11.9 Å². The van der Waals surface area contributed by atoms with Crippen LogP contribution in [-0.2, 0) is 44.8 Å². The maximum atomic E-state index is 13.7. The van der Waals surface area contributed by atoms with Crippen LogP contribution in [0.5, 0.6) is 0 Å². The van der Waals surface area contributed by atoms with Crippen LogP contribution in [0.3, 0.4) is 0 Å². The van der Waals surface area contributed by atoms with Gasteiger partial charge in [-0.15, -0.1) is 0 Å². The van der Waals surface area contributed by atoms with Crippen LogP contribution in [0.25, 0.3) is 11.1 Å². The number of carbonyl (C=O) groups is 3. The molecular formula is C38H44Cl2N8O5. The van der Waals surface area contributed by atoms with Crippen molar-refractivity contribution < 1.29 is 24.6 Å². The van der Waals surface area contributed by atoms with E-state index in [9.17, 15) is 24.6 Å². The quantitative estimate of drug-likeness (QED) is 0.170. The van der Waals surface area contributed by atoms with Gasteiger partial charge >= 0.3 is 5.97 Å². The van der Waals surface area contributed by atoms with Crippen molar-refractivity contribution in [3.05, 3.63) is 80.9 Å². The summed E-state index contributed by atoms with van der Waals surface area (Å²) in [7, 11) is 3.68. The van der Waals surface area contributed by atoms with Crippen LogP contribution >= 0.6 is 23.2 Å². The average Bonchev–Trinajstić information content (AvgIpc) is 3.65. The zero-order valence-corrected chi connectivity index (χ0v) is 31.4. The summed E-state index contributed by atoms with van der Waals surface area (Å²) in [6.45, 7) is 4.37. The molecule has 13 nitrogen and oxygen atoms in total. The first-order valence-corrected chi connectivity index (χ1v) is 18.8. The molecular weight excluding hydrogens is 719 g/mol. The van der Waals surface area contributed by atoms with Crippen LogP contribution in [-0.4, -0.2) is 89.7 Å². The van der Waals surface area contributed by atoms with Gasteiger partial charge in [-0.25, -0.2) is 9.97 Å². The number of carboxylic acid groups (broad SMARTS) is 1. The predicted molar refractivity (Wildman–Crippen MR) is 202 cm³/mol. The number of hydrogen-bond donors (Lipinski definition) is 4. The van der Waals surface area contributed by atoms with Crippen molar-refractivity contribution in [1.82, 2.24) is 28.9 Å². The molecule has 1 fully saturated rings. The third-order valence-electron chi connectivity index (χ3n) is 11.0. The summed E-state index contributed by atoms with van der Waals surface area (Å²) in [5.41, 5.74) is 5.67. The van der Waals surface area contributed by atoms with Crippen LogP contribution in [0.15, 0.2) is 36.4 Å². The van der Waals surface area contributed by atoms with E-state index in [1.807, 2.05) is 23.2 Å². The third kappa shape index (κ3) is 7.58. The molecule has 53 heavy (non-hydrogen) atoms. The van der Waals surface area contributed by atoms with E-state index in [1.165, 1.54) is 0 Å². The number of aliphatic carboxylic acids is 1. The minimum absolute atomic E-state index is 0.0662. The highest BCUT2D eigenvalue weighted by molar-refractivity contribution is 6.40. The number of carbonyl (C=O) groups excluding carboxylic acids is 2. The molecule has 0 radical (unpaired) electrons. The molecule has 2 amide bonds. The number of aliphatic hydroxyl groups excluding tert-OH is 1. The second kappa shape index (κ2) is 15.6. The smallest absolute Gasteiger partial charge is 0.306 e. The summed E-state index contributed by atoms with van der Waals surface area (Å²) in [4.78, 5) is 52.3. The molecule has 2 aromatic heterocycles. The minimum Gasteiger partial charge on any atom is -0.481 e. The number of aromatic nitrogens is 4. The Hall–Kier alpha value is -4.27. The van der Waals surface area contributed by atoms with Crippen LogP contribution in [0.2, 0.25) is 10.0 Å². The Labute approximate surface area is 317 Å². The van der Waals surface area contributed by atoms with E-state index in [2.05, 4.69) is 25.4 Å². The van der Waals surface area contributed by atoms with Gasteiger partial charge in [0.1, 0.15) is 0 Å². The standard InChI is InChI=1S/C38H44Cl2N8O5/c1-45-30-13-15-47(17-18-49)20-28(30)41-34(45)36(50)43-26-7-3-5-24(32(26)39)25-6-4-8-27(33(25)40)44-37(51)35-42-29-21-48(16-14-31(29)46(35)2)19-22-9-11-23(12-10-22)38(52)53/h3-8,22-23,49H,9-21H2,1-2H3,(H,43,50)(H,44,51)(H,52,53)/t22-,23-. The number of nitrogens with zero attached hydrogens (tertiary/aromatic N) is 6.